The van der Waals surface area contributed by atoms with Gasteiger partial charge in [0.25, 0.3) is 0 Å². The van der Waals surface area contributed by atoms with E-state index in [0.29, 0.717) is 11.8 Å². The average Bonchev–Trinajstić information content (AvgIpc) is 2.42. The summed E-state index contributed by atoms with van der Waals surface area (Å²) in [5.74, 6) is 0.970. The molecule has 0 unspecified atom stereocenters. The number of amidine groups is 1. The molecule has 1 rings (SSSR count). The maximum Gasteiger partial charge on any atom is 0.144 e. The summed E-state index contributed by atoms with van der Waals surface area (Å²) in [5, 5.41) is 11.8. The van der Waals surface area contributed by atoms with Crippen molar-refractivity contribution < 1.29 is 14.7 Å². The molecule has 5 nitrogen and oxygen atoms in total. The van der Waals surface area contributed by atoms with E-state index in [1.54, 1.807) is 0 Å². The molecule has 19 heavy (non-hydrogen) atoms. The second kappa shape index (κ2) is 8.38. The van der Waals surface area contributed by atoms with Gasteiger partial charge in [-0.3, -0.25) is 0 Å². The SMILES string of the molecule is CC(C)(CCCCOCC1CCOCC1)C(N)=NO. The van der Waals surface area contributed by atoms with E-state index in [9.17, 15) is 0 Å². The molecular weight excluding hydrogens is 244 g/mol. The number of unbranched alkanes of at least 4 members (excludes halogenated alkanes) is 1. The second-order valence-electron chi connectivity index (χ2n) is 5.96. The van der Waals surface area contributed by atoms with Crippen LogP contribution in [-0.2, 0) is 9.47 Å². The molecule has 1 heterocycles. The smallest absolute Gasteiger partial charge is 0.144 e. The first-order valence-corrected chi connectivity index (χ1v) is 7.20. The van der Waals surface area contributed by atoms with Crippen LogP contribution in [0.5, 0.6) is 0 Å². The van der Waals surface area contributed by atoms with Gasteiger partial charge >= 0.3 is 0 Å². The zero-order chi connectivity index (χ0) is 14.1. The molecule has 0 radical (unpaired) electrons. The molecule has 0 saturated carbocycles. The van der Waals surface area contributed by atoms with E-state index >= 15 is 0 Å². The molecule has 0 aromatic rings. The summed E-state index contributed by atoms with van der Waals surface area (Å²) in [4.78, 5) is 0. The van der Waals surface area contributed by atoms with E-state index in [2.05, 4.69) is 5.16 Å². The van der Waals surface area contributed by atoms with Gasteiger partial charge in [-0.1, -0.05) is 25.4 Å². The summed E-state index contributed by atoms with van der Waals surface area (Å²) in [5.41, 5.74) is 5.41. The van der Waals surface area contributed by atoms with Crippen LogP contribution in [0.15, 0.2) is 5.16 Å². The van der Waals surface area contributed by atoms with Crippen LogP contribution in [0.4, 0.5) is 0 Å². The summed E-state index contributed by atoms with van der Waals surface area (Å²) in [6, 6.07) is 0. The van der Waals surface area contributed by atoms with Crippen molar-refractivity contribution in [1.82, 2.24) is 0 Å². The van der Waals surface area contributed by atoms with E-state index in [1.807, 2.05) is 13.8 Å². The van der Waals surface area contributed by atoms with Crippen LogP contribution in [0.2, 0.25) is 0 Å². The molecule has 5 heteroatoms. The third-order valence-electron chi connectivity index (χ3n) is 3.84. The van der Waals surface area contributed by atoms with Gasteiger partial charge < -0.3 is 20.4 Å². The van der Waals surface area contributed by atoms with Gasteiger partial charge in [-0.2, -0.15) is 0 Å². The van der Waals surface area contributed by atoms with Crippen LogP contribution in [0, 0.1) is 11.3 Å². The molecule has 1 saturated heterocycles. The van der Waals surface area contributed by atoms with Crippen molar-refractivity contribution in [2.45, 2.75) is 46.0 Å². The van der Waals surface area contributed by atoms with Crippen molar-refractivity contribution in [1.29, 1.82) is 0 Å². The lowest BCUT2D eigenvalue weighted by atomic mass is 9.86. The molecule has 1 fully saturated rings. The summed E-state index contributed by atoms with van der Waals surface area (Å²) in [6.45, 7) is 7.39. The zero-order valence-corrected chi connectivity index (χ0v) is 12.2. The number of nitrogens with zero attached hydrogens (tertiary/aromatic N) is 1. The Balaban J connectivity index is 2.01. The standard InChI is InChI=1S/C14H28N2O3/c1-14(2,13(15)16-17)7-3-4-8-19-11-12-5-9-18-10-6-12/h12,17H,3-11H2,1-2H3,(H2,15,16). The predicted molar refractivity (Wildman–Crippen MR) is 75.4 cm³/mol. The van der Waals surface area contributed by atoms with Crippen molar-refractivity contribution in [3.63, 3.8) is 0 Å². The van der Waals surface area contributed by atoms with E-state index in [-0.39, 0.29) is 5.41 Å². The molecule has 0 amide bonds. The summed E-state index contributed by atoms with van der Waals surface area (Å²) >= 11 is 0. The molecule has 0 aromatic carbocycles. The maximum atomic E-state index is 8.68. The van der Waals surface area contributed by atoms with Crippen LogP contribution in [0.25, 0.3) is 0 Å². The number of oxime groups is 1. The Morgan fingerprint density at radius 3 is 2.68 bits per heavy atom. The molecule has 0 spiro atoms. The summed E-state index contributed by atoms with van der Waals surface area (Å²) < 4.78 is 11.0. The Kier molecular flexibility index (Phi) is 7.16. The fraction of sp³-hybridized carbons (Fsp3) is 0.929. The summed E-state index contributed by atoms with van der Waals surface area (Å²) in [6.07, 6.45) is 5.19. The normalized spacial score (nSPS) is 18.7. The zero-order valence-electron chi connectivity index (χ0n) is 12.2. The highest BCUT2D eigenvalue weighted by atomic mass is 16.5. The van der Waals surface area contributed by atoms with Gasteiger partial charge in [-0.25, -0.2) is 0 Å². The molecule has 3 N–H and O–H groups in total. The van der Waals surface area contributed by atoms with Crippen molar-refractivity contribution >= 4 is 5.84 Å². The van der Waals surface area contributed by atoms with E-state index in [1.165, 1.54) is 0 Å². The lowest BCUT2D eigenvalue weighted by Crippen LogP contribution is -2.31. The maximum absolute atomic E-state index is 8.68. The fourth-order valence-electron chi connectivity index (χ4n) is 2.20. The molecule has 0 aromatic heterocycles. The highest BCUT2D eigenvalue weighted by molar-refractivity contribution is 5.85. The number of ether oxygens (including phenoxy) is 2. The minimum Gasteiger partial charge on any atom is -0.409 e. The average molecular weight is 272 g/mol. The van der Waals surface area contributed by atoms with Crippen LogP contribution >= 0.6 is 0 Å². The molecule has 1 aliphatic rings. The lowest BCUT2D eigenvalue weighted by molar-refractivity contribution is 0.0196. The molecular formula is C14H28N2O3. The largest absolute Gasteiger partial charge is 0.409 e. The topological polar surface area (TPSA) is 77.1 Å². The van der Waals surface area contributed by atoms with Crippen molar-refractivity contribution in [3.05, 3.63) is 0 Å². The number of rotatable bonds is 8. The van der Waals surface area contributed by atoms with Gasteiger partial charge in [0.15, 0.2) is 0 Å². The van der Waals surface area contributed by atoms with Crippen LogP contribution in [0.1, 0.15) is 46.0 Å². The highest BCUT2D eigenvalue weighted by Gasteiger charge is 2.22. The van der Waals surface area contributed by atoms with E-state index < -0.39 is 0 Å². The Morgan fingerprint density at radius 2 is 2.05 bits per heavy atom. The molecule has 112 valence electrons. The third-order valence-corrected chi connectivity index (χ3v) is 3.84. The number of nitrogens with two attached hydrogens (primary N) is 1. The van der Waals surface area contributed by atoms with E-state index in [4.69, 9.17) is 20.4 Å². The first-order chi connectivity index (χ1) is 9.06. The van der Waals surface area contributed by atoms with Crippen molar-refractivity contribution in [2.75, 3.05) is 26.4 Å². The van der Waals surface area contributed by atoms with Crippen LogP contribution in [0.3, 0.4) is 0 Å². The quantitative estimate of drug-likeness (QED) is 0.234. The van der Waals surface area contributed by atoms with Gasteiger partial charge in [-0.15, -0.1) is 0 Å². The highest BCUT2D eigenvalue weighted by Crippen LogP contribution is 2.23. The fourth-order valence-corrected chi connectivity index (χ4v) is 2.20. The van der Waals surface area contributed by atoms with Crippen LogP contribution < -0.4 is 5.73 Å². The molecule has 1 aliphatic heterocycles. The minimum absolute atomic E-state index is 0.241. The lowest BCUT2D eigenvalue weighted by Gasteiger charge is -2.23. The van der Waals surface area contributed by atoms with Crippen molar-refractivity contribution in [3.8, 4) is 0 Å². The Hall–Kier alpha value is -0.810. The van der Waals surface area contributed by atoms with Gasteiger partial charge in [0.2, 0.25) is 0 Å². The third kappa shape index (κ3) is 6.25. The first kappa shape index (κ1) is 16.2. The van der Waals surface area contributed by atoms with Gasteiger partial charge in [0, 0.05) is 31.8 Å². The van der Waals surface area contributed by atoms with Crippen LogP contribution in [-0.4, -0.2) is 37.5 Å². The first-order valence-electron chi connectivity index (χ1n) is 7.20. The Morgan fingerprint density at radius 1 is 1.37 bits per heavy atom. The molecule has 0 aliphatic carbocycles. The van der Waals surface area contributed by atoms with Gasteiger partial charge in [0.1, 0.15) is 5.84 Å². The van der Waals surface area contributed by atoms with Gasteiger partial charge in [-0.05, 0) is 31.6 Å². The van der Waals surface area contributed by atoms with E-state index in [0.717, 1.165) is 58.5 Å². The molecule has 0 bridgehead atoms. The number of hydrogen-bond donors (Lipinski definition) is 2. The minimum atomic E-state index is -0.241. The second-order valence-corrected chi connectivity index (χ2v) is 5.96. The Labute approximate surface area is 116 Å². The van der Waals surface area contributed by atoms with Gasteiger partial charge in [0.05, 0.1) is 0 Å². The monoisotopic (exact) mass is 272 g/mol. The number of hydrogen-bond acceptors (Lipinski definition) is 4. The van der Waals surface area contributed by atoms with Crippen molar-refractivity contribution in [2.24, 2.45) is 22.2 Å². The summed E-state index contributed by atoms with van der Waals surface area (Å²) in [7, 11) is 0. The predicted octanol–water partition coefficient (Wildman–Crippen LogP) is 2.37. The molecule has 0 atom stereocenters. The Bertz CT molecular complexity index is 274.